The van der Waals surface area contributed by atoms with Crippen LogP contribution in [-0.2, 0) is 0 Å². The lowest BCUT2D eigenvalue weighted by Gasteiger charge is -2.46. The van der Waals surface area contributed by atoms with Gasteiger partial charge in [0.25, 0.3) is 0 Å². The van der Waals surface area contributed by atoms with Gasteiger partial charge in [-0.3, -0.25) is 4.90 Å². The van der Waals surface area contributed by atoms with Gasteiger partial charge in [-0.25, -0.2) is 4.39 Å². The van der Waals surface area contributed by atoms with Crippen LogP contribution in [0.4, 0.5) is 4.39 Å². The van der Waals surface area contributed by atoms with E-state index >= 15 is 0 Å². The lowest BCUT2D eigenvalue weighted by atomic mass is 9.89. The minimum atomic E-state index is -0.461. The number of halogens is 1. The molecule has 1 saturated heterocycles. The molecule has 0 amide bonds. The van der Waals surface area contributed by atoms with Crippen molar-refractivity contribution in [2.45, 2.75) is 30.3 Å². The normalized spacial score (nSPS) is 18.6. The van der Waals surface area contributed by atoms with Crippen LogP contribution >= 0.6 is 11.8 Å². The standard InChI is InChI=1S/C14H20FNOS/c1-2-7-14(17)10-16(11-14)8-9-18-13-6-4-3-5-12(13)15/h3-6,17H,2,7-11H2,1H3. The van der Waals surface area contributed by atoms with Gasteiger partial charge in [-0.1, -0.05) is 25.5 Å². The number of likely N-dealkylation sites (tertiary alicyclic amines) is 1. The van der Waals surface area contributed by atoms with Crippen LogP contribution < -0.4 is 0 Å². The summed E-state index contributed by atoms with van der Waals surface area (Å²) in [5.41, 5.74) is -0.461. The van der Waals surface area contributed by atoms with Gasteiger partial charge < -0.3 is 5.11 Å². The van der Waals surface area contributed by atoms with E-state index in [1.54, 1.807) is 6.07 Å². The Labute approximate surface area is 112 Å². The molecular weight excluding hydrogens is 249 g/mol. The highest BCUT2D eigenvalue weighted by Crippen LogP contribution is 2.27. The first-order chi connectivity index (χ1) is 8.63. The van der Waals surface area contributed by atoms with E-state index in [4.69, 9.17) is 0 Å². The number of benzene rings is 1. The molecule has 0 spiro atoms. The van der Waals surface area contributed by atoms with E-state index in [0.717, 1.165) is 38.2 Å². The van der Waals surface area contributed by atoms with E-state index in [1.807, 2.05) is 12.1 Å². The number of thioether (sulfide) groups is 1. The van der Waals surface area contributed by atoms with E-state index in [9.17, 15) is 9.50 Å². The molecule has 1 heterocycles. The summed E-state index contributed by atoms with van der Waals surface area (Å²) in [7, 11) is 0. The molecule has 0 aromatic heterocycles. The highest BCUT2D eigenvalue weighted by Gasteiger charge is 2.39. The molecule has 0 aliphatic carbocycles. The summed E-state index contributed by atoms with van der Waals surface area (Å²) in [6.07, 6.45) is 1.90. The van der Waals surface area contributed by atoms with Gasteiger partial charge in [0.15, 0.2) is 0 Å². The molecule has 1 aliphatic rings. The highest BCUT2D eigenvalue weighted by molar-refractivity contribution is 7.99. The zero-order valence-electron chi connectivity index (χ0n) is 10.7. The lowest BCUT2D eigenvalue weighted by Crippen LogP contribution is -2.61. The second kappa shape index (κ2) is 6.04. The Balaban J connectivity index is 1.68. The van der Waals surface area contributed by atoms with Gasteiger partial charge in [0.1, 0.15) is 5.82 Å². The third kappa shape index (κ3) is 3.46. The molecule has 1 aromatic carbocycles. The van der Waals surface area contributed by atoms with Gasteiger partial charge in [-0.05, 0) is 18.6 Å². The van der Waals surface area contributed by atoms with Crippen LogP contribution in [0.25, 0.3) is 0 Å². The summed E-state index contributed by atoms with van der Waals surface area (Å²) in [6, 6.07) is 6.87. The first-order valence-electron chi connectivity index (χ1n) is 6.45. The zero-order chi connectivity index (χ0) is 13.0. The molecule has 1 fully saturated rings. The van der Waals surface area contributed by atoms with Gasteiger partial charge in [0.2, 0.25) is 0 Å². The molecule has 1 aliphatic heterocycles. The number of aliphatic hydroxyl groups is 1. The fourth-order valence-electron chi connectivity index (χ4n) is 2.41. The molecule has 2 rings (SSSR count). The maximum atomic E-state index is 13.4. The fraction of sp³-hybridized carbons (Fsp3) is 0.571. The fourth-order valence-corrected chi connectivity index (χ4v) is 3.36. The van der Waals surface area contributed by atoms with Gasteiger partial charge in [-0.15, -0.1) is 11.8 Å². The monoisotopic (exact) mass is 269 g/mol. The molecule has 0 saturated carbocycles. The third-order valence-corrected chi connectivity index (χ3v) is 4.28. The van der Waals surface area contributed by atoms with E-state index in [0.29, 0.717) is 4.90 Å². The van der Waals surface area contributed by atoms with Crippen LogP contribution in [0.3, 0.4) is 0 Å². The molecule has 1 N–H and O–H groups in total. The van der Waals surface area contributed by atoms with Crippen molar-refractivity contribution < 1.29 is 9.50 Å². The number of β-amino-alcohol motifs (C(OH)–C–C–N with tert-alkyl or cyclic N) is 1. The SMILES string of the molecule is CCCC1(O)CN(CCSc2ccccc2F)C1. The number of rotatable bonds is 6. The van der Waals surface area contributed by atoms with Crippen molar-refractivity contribution in [2.75, 3.05) is 25.4 Å². The molecule has 2 nitrogen and oxygen atoms in total. The van der Waals surface area contributed by atoms with Crippen molar-refractivity contribution >= 4 is 11.8 Å². The highest BCUT2D eigenvalue weighted by atomic mass is 32.2. The third-order valence-electron chi connectivity index (χ3n) is 3.25. The van der Waals surface area contributed by atoms with E-state index in [1.165, 1.54) is 17.8 Å². The first kappa shape index (κ1) is 13.8. The largest absolute Gasteiger partial charge is 0.387 e. The second-order valence-corrected chi connectivity index (χ2v) is 6.10. The number of hydrogen-bond donors (Lipinski definition) is 1. The van der Waals surface area contributed by atoms with Crippen LogP contribution in [0.5, 0.6) is 0 Å². The van der Waals surface area contributed by atoms with Crippen molar-refractivity contribution in [1.29, 1.82) is 0 Å². The van der Waals surface area contributed by atoms with Gasteiger partial charge in [-0.2, -0.15) is 0 Å². The first-order valence-corrected chi connectivity index (χ1v) is 7.43. The maximum Gasteiger partial charge on any atom is 0.136 e. The Hall–Kier alpha value is -0.580. The Bertz CT molecular complexity index is 393. The molecule has 0 bridgehead atoms. The minimum absolute atomic E-state index is 0.145. The van der Waals surface area contributed by atoms with Crippen LogP contribution in [0.2, 0.25) is 0 Å². The lowest BCUT2D eigenvalue weighted by molar-refractivity contribution is -0.0999. The quantitative estimate of drug-likeness (QED) is 0.803. The van der Waals surface area contributed by atoms with Crippen molar-refractivity contribution in [3.8, 4) is 0 Å². The smallest absolute Gasteiger partial charge is 0.136 e. The average Bonchev–Trinajstić information content (AvgIpc) is 2.30. The Kier molecular flexibility index (Phi) is 4.65. The summed E-state index contributed by atoms with van der Waals surface area (Å²) >= 11 is 1.54. The topological polar surface area (TPSA) is 23.5 Å². The number of nitrogens with zero attached hydrogens (tertiary/aromatic N) is 1. The summed E-state index contributed by atoms with van der Waals surface area (Å²) in [4.78, 5) is 2.94. The van der Waals surface area contributed by atoms with Gasteiger partial charge in [0, 0.05) is 30.3 Å². The van der Waals surface area contributed by atoms with Crippen molar-refractivity contribution in [3.63, 3.8) is 0 Å². The van der Waals surface area contributed by atoms with E-state index in [-0.39, 0.29) is 5.82 Å². The van der Waals surface area contributed by atoms with E-state index in [2.05, 4.69) is 11.8 Å². The van der Waals surface area contributed by atoms with Crippen molar-refractivity contribution in [3.05, 3.63) is 30.1 Å². The molecule has 18 heavy (non-hydrogen) atoms. The van der Waals surface area contributed by atoms with Crippen molar-refractivity contribution in [2.24, 2.45) is 0 Å². The van der Waals surface area contributed by atoms with Crippen LogP contribution in [0, 0.1) is 5.82 Å². The molecule has 0 atom stereocenters. The molecule has 100 valence electrons. The Morgan fingerprint density at radius 2 is 2.11 bits per heavy atom. The van der Waals surface area contributed by atoms with E-state index < -0.39 is 5.60 Å². The Morgan fingerprint density at radius 3 is 2.78 bits per heavy atom. The maximum absolute atomic E-state index is 13.4. The molecule has 0 radical (unpaired) electrons. The zero-order valence-corrected chi connectivity index (χ0v) is 11.5. The summed E-state index contributed by atoms with van der Waals surface area (Å²) in [5, 5.41) is 10.0. The van der Waals surface area contributed by atoms with Crippen LogP contribution in [0.1, 0.15) is 19.8 Å². The summed E-state index contributed by atoms with van der Waals surface area (Å²) in [5.74, 6) is 0.719. The molecular formula is C14H20FNOS. The number of hydrogen-bond acceptors (Lipinski definition) is 3. The van der Waals surface area contributed by atoms with Gasteiger partial charge >= 0.3 is 0 Å². The predicted octanol–water partition coefficient (Wildman–Crippen LogP) is 2.76. The minimum Gasteiger partial charge on any atom is -0.387 e. The molecule has 4 heteroatoms. The molecule has 0 unspecified atom stereocenters. The summed E-state index contributed by atoms with van der Waals surface area (Å²) in [6.45, 7) is 4.52. The van der Waals surface area contributed by atoms with Crippen LogP contribution in [-0.4, -0.2) is 41.0 Å². The average molecular weight is 269 g/mol. The van der Waals surface area contributed by atoms with Crippen molar-refractivity contribution in [1.82, 2.24) is 4.90 Å². The Morgan fingerprint density at radius 1 is 1.39 bits per heavy atom. The predicted molar refractivity (Wildman–Crippen MR) is 73.4 cm³/mol. The second-order valence-electron chi connectivity index (χ2n) is 4.96. The van der Waals surface area contributed by atoms with Gasteiger partial charge in [0.05, 0.1) is 5.60 Å². The van der Waals surface area contributed by atoms with Crippen LogP contribution in [0.15, 0.2) is 29.2 Å². The molecule has 1 aromatic rings. The summed E-state index contributed by atoms with van der Waals surface area (Å²) < 4.78 is 13.4.